The summed E-state index contributed by atoms with van der Waals surface area (Å²) in [5, 5.41) is 8.61. The first-order valence-electron chi connectivity index (χ1n) is 5.29. The summed E-state index contributed by atoms with van der Waals surface area (Å²) in [6.45, 7) is 7.27. The van der Waals surface area contributed by atoms with Crippen LogP contribution in [0.25, 0.3) is 0 Å². The van der Waals surface area contributed by atoms with Crippen molar-refractivity contribution in [2.24, 2.45) is 5.41 Å². The first-order chi connectivity index (χ1) is 5.68. The van der Waals surface area contributed by atoms with Gasteiger partial charge in [0.25, 0.3) is 0 Å². The van der Waals surface area contributed by atoms with Crippen LogP contribution in [0.4, 0.5) is 0 Å². The van der Waals surface area contributed by atoms with Gasteiger partial charge in [0.05, 0.1) is 0 Å². The molecule has 0 saturated heterocycles. The third-order valence-corrected chi connectivity index (χ3v) is 3.15. The predicted octanol–water partition coefficient (Wildman–Crippen LogP) is 3.37. The number of aliphatic hydroxyl groups is 1. The zero-order valence-corrected chi connectivity index (χ0v) is 8.90. The van der Waals surface area contributed by atoms with Crippen molar-refractivity contribution in [3.8, 4) is 0 Å². The second-order valence-electron chi connectivity index (χ2n) is 4.05. The highest BCUT2D eigenvalue weighted by Gasteiger charge is 2.18. The van der Waals surface area contributed by atoms with E-state index >= 15 is 0 Å². The Bertz CT molecular complexity index is 95.2. The minimum Gasteiger partial charge on any atom is -0.396 e. The van der Waals surface area contributed by atoms with E-state index in [2.05, 4.69) is 20.8 Å². The smallest absolute Gasteiger partial charge is 0.0431 e. The number of hydrogen-bond acceptors (Lipinski definition) is 1. The molecule has 0 radical (unpaired) electrons. The summed E-state index contributed by atoms with van der Waals surface area (Å²) in [6.07, 6.45) is 7.32. The van der Waals surface area contributed by atoms with Crippen molar-refractivity contribution < 1.29 is 5.11 Å². The van der Waals surface area contributed by atoms with Gasteiger partial charge in [-0.2, -0.15) is 0 Å². The minimum absolute atomic E-state index is 0.356. The average Bonchev–Trinajstić information content (AvgIpc) is 2.12. The van der Waals surface area contributed by atoms with Gasteiger partial charge < -0.3 is 5.11 Å². The molecule has 0 aliphatic heterocycles. The maximum Gasteiger partial charge on any atom is 0.0431 e. The molecule has 0 bridgehead atoms. The van der Waals surface area contributed by atoms with Gasteiger partial charge in [0.2, 0.25) is 0 Å². The second kappa shape index (κ2) is 6.47. The molecule has 74 valence electrons. The van der Waals surface area contributed by atoms with Crippen LogP contribution in [0, 0.1) is 5.41 Å². The Kier molecular flexibility index (Phi) is 6.45. The van der Waals surface area contributed by atoms with Gasteiger partial charge in [0, 0.05) is 6.61 Å². The van der Waals surface area contributed by atoms with Gasteiger partial charge in [-0.05, 0) is 18.3 Å². The molecule has 1 N–H and O–H groups in total. The van der Waals surface area contributed by atoms with E-state index in [-0.39, 0.29) is 0 Å². The van der Waals surface area contributed by atoms with Crippen molar-refractivity contribution in [2.45, 2.75) is 59.3 Å². The van der Waals surface area contributed by atoms with Crippen LogP contribution < -0.4 is 0 Å². The number of hydrogen-bond donors (Lipinski definition) is 1. The lowest BCUT2D eigenvalue weighted by molar-refractivity contribution is 0.247. The maximum absolute atomic E-state index is 8.61. The molecule has 0 fully saturated rings. The van der Waals surface area contributed by atoms with Crippen LogP contribution in [0.15, 0.2) is 0 Å². The fourth-order valence-corrected chi connectivity index (χ4v) is 1.44. The SMILES string of the molecule is CCC(C)(CC)CCCCCO. The Labute approximate surface area is 77.2 Å². The summed E-state index contributed by atoms with van der Waals surface area (Å²) in [5.41, 5.74) is 0.551. The molecule has 0 amide bonds. The molecule has 0 saturated carbocycles. The Morgan fingerprint density at radius 1 is 1.00 bits per heavy atom. The molecule has 0 aromatic heterocycles. The minimum atomic E-state index is 0.356. The number of aliphatic hydroxyl groups excluding tert-OH is 1. The van der Waals surface area contributed by atoms with Crippen molar-refractivity contribution in [2.75, 3.05) is 6.61 Å². The van der Waals surface area contributed by atoms with E-state index in [4.69, 9.17) is 5.11 Å². The van der Waals surface area contributed by atoms with E-state index in [1.807, 2.05) is 0 Å². The lowest BCUT2D eigenvalue weighted by Crippen LogP contribution is -2.13. The number of unbranched alkanes of at least 4 members (excludes halogenated alkanes) is 2. The number of rotatable bonds is 7. The van der Waals surface area contributed by atoms with E-state index in [1.165, 1.54) is 32.1 Å². The van der Waals surface area contributed by atoms with Gasteiger partial charge in [-0.1, -0.05) is 46.5 Å². The van der Waals surface area contributed by atoms with Crippen LogP contribution in [0.5, 0.6) is 0 Å². The van der Waals surface area contributed by atoms with Crippen LogP contribution in [-0.4, -0.2) is 11.7 Å². The van der Waals surface area contributed by atoms with E-state index in [0.717, 1.165) is 6.42 Å². The van der Waals surface area contributed by atoms with E-state index < -0.39 is 0 Å². The average molecular weight is 172 g/mol. The lowest BCUT2D eigenvalue weighted by Gasteiger charge is -2.26. The summed E-state index contributed by atoms with van der Waals surface area (Å²) < 4.78 is 0. The van der Waals surface area contributed by atoms with E-state index in [9.17, 15) is 0 Å². The van der Waals surface area contributed by atoms with Gasteiger partial charge in [-0.25, -0.2) is 0 Å². The highest BCUT2D eigenvalue weighted by atomic mass is 16.2. The quantitative estimate of drug-likeness (QED) is 0.584. The third kappa shape index (κ3) is 4.76. The molecule has 0 heterocycles. The Morgan fingerprint density at radius 2 is 1.58 bits per heavy atom. The summed E-state index contributed by atoms with van der Waals surface area (Å²) in [5.74, 6) is 0. The van der Waals surface area contributed by atoms with Crippen LogP contribution in [0.3, 0.4) is 0 Å². The van der Waals surface area contributed by atoms with Crippen molar-refractivity contribution >= 4 is 0 Å². The van der Waals surface area contributed by atoms with Gasteiger partial charge in [-0.15, -0.1) is 0 Å². The zero-order valence-electron chi connectivity index (χ0n) is 8.90. The normalized spacial score (nSPS) is 12.0. The van der Waals surface area contributed by atoms with Crippen LogP contribution in [-0.2, 0) is 0 Å². The molecule has 1 nitrogen and oxygen atoms in total. The Morgan fingerprint density at radius 3 is 2.00 bits per heavy atom. The van der Waals surface area contributed by atoms with Gasteiger partial charge in [0.15, 0.2) is 0 Å². The molecule has 0 aromatic carbocycles. The molecule has 0 rings (SSSR count). The molecule has 0 aromatic rings. The van der Waals surface area contributed by atoms with Crippen LogP contribution in [0.1, 0.15) is 59.3 Å². The van der Waals surface area contributed by atoms with E-state index in [1.54, 1.807) is 0 Å². The van der Waals surface area contributed by atoms with Gasteiger partial charge >= 0.3 is 0 Å². The highest BCUT2D eigenvalue weighted by Crippen LogP contribution is 2.31. The summed E-state index contributed by atoms with van der Waals surface area (Å²) in [7, 11) is 0. The largest absolute Gasteiger partial charge is 0.396 e. The van der Waals surface area contributed by atoms with Gasteiger partial charge in [-0.3, -0.25) is 0 Å². The summed E-state index contributed by atoms with van der Waals surface area (Å²) in [4.78, 5) is 0. The third-order valence-electron chi connectivity index (χ3n) is 3.15. The zero-order chi connectivity index (χ0) is 9.45. The van der Waals surface area contributed by atoms with E-state index in [0.29, 0.717) is 12.0 Å². The molecular formula is C11H24O. The van der Waals surface area contributed by atoms with Crippen molar-refractivity contribution in [3.63, 3.8) is 0 Å². The molecular weight excluding hydrogens is 148 g/mol. The molecule has 0 aliphatic carbocycles. The Hall–Kier alpha value is -0.0400. The van der Waals surface area contributed by atoms with Crippen molar-refractivity contribution in [1.29, 1.82) is 0 Å². The standard InChI is InChI=1S/C11H24O/c1-4-11(3,5-2)9-7-6-8-10-12/h12H,4-10H2,1-3H3. The molecule has 0 spiro atoms. The molecule has 0 aliphatic rings. The molecule has 0 atom stereocenters. The summed E-state index contributed by atoms with van der Waals surface area (Å²) >= 11 is 0. The molecule has 1 heteroatoms. The van der Waals surface area contributed by atoms with Crippen molar-refractivity contribution in [3.05, 3.63) is 0 Å². The Balaban J connectivity index is 3.45. The molecule has 0 unspecified atom stereocenters. The fourth-order valence-electron chi connectivity index (χ4n) is 1.44. The van der Waals surface area contributed by atoms with Crippen LogP contribution in [0.2, 0.25) is 0 Å². The van der Waals surface area contributed by atoms with Crippen LogP contribution >= 0.6 is 0 Å². The highest BCUT2D eigenvalue weighted by molar-refractivity contribution is 4.70. The maximum atomic E-state index is 8.61. The monoisotopic (exact) mass is 172 g/mol. The topological polar surface area (TPSA) is 20.2 Å². The second-order valence-corrected chi connectivity index (χ2v) is 4.05. The first-order valence-corrected chi connectivity index (χ1v) is 5.29. The lowest BCUT2D eigenvalue weighted by atomic mass is 9.80. The van der Waals surface area contributed by atoms with Gasteiger partial charge in [0.1, 0.15) is 0 Å². The fraction of sp³-hybridized carbons (Fsp3) is 1.00. The predicted molar refractivity (Wildman–Crippen MR) is 54.2 cm³/mol. The molecule has 12 heavy (non-hydrogen) atoms. The summed E-state index contributed by atoms with van der Waals surface area (Å²) in [6, 6.07) is 0. The van der Waals surface area contributed by atoms with Crippen molar-refractivity contribution in [1.82, 2.24) is 0 Å². The first kappa shape index (κ1) is 12.0.